The molecule has 6 heteroatoms. The van der Waals surface area contributed by atoms with E-state index >= 15 is 0 Å². The highest BCUT2D eigenvalue weighted by atomic mass is 19.1. The van der Waals surface area contributed by atoms with Gasteiger partial charge in [0.05, 0.1) is 24.0 Å². The molecule has 0 spiro atoms. The first-order valence-corrected chi connectivity index (χ1v) is 8.94. The lowest BCUT2D eigenvalue weighted by atomic mass is 10.0. The van der Waals surface area contributed by atoms with E-state index in [-0.39, 0.29) is 17.9 Å². The second-order valence-electron chi connectivity index (χ2n) is 6.70. The summed E-state index contributed by atoms with van der Waals surface area (Å²) in [6.45, 7) is 0.112. The molecule has 3 aromatic heterocycles. The van der Waals surface area contributed by atoms with Crippen LogP contribution in [0.4, 0.5) is 4.39 Å². The Morgan fingerprint density at radius 1 is 1.04 bits per heavy atom. The normalized spacial score (nSPS) is 12.5. The number of hydrogen-bond donors (Lipinski definition) is 0. The van der Waals surface area contributed by atoms with Gasteiger partial charge >= 0.3 is 0 Å². The van der Waals surface area contributed by atoms with E-state index in [1.165, 1.54) is 16.8 Å². The summed E-state index contributed by atoms with van der Waals surface area (Å²) in [5.41, 5.74) is 4.90. The van der Waals surface area contributed by atoms with Crippen LogP contribution >= 0.6 is 0 Å². The van der Waals surface area contributed by atoms with Crippen LogP contribution in [0.2, 0.25) is 0 Å². The van der Waals surface area contributed by atoms with E-state index in [1.807, 2.05) is 18.2 Å². The summed E-state index contributed by atoms with van der Waals surface area (Å²) < 4.78 is 16.3. The van der Waals surface area contributed by atoms with Crippen molar-refractivity contribution in [1.29, 1.82) is 0 Å². The van der Waals surface area contributed by atoms with Crippen molar-refractivity contribution in [1.82, 2.24) is 19.5 Å². The summed E-state index contributed by atoms with van der Waals surface area (Å²) in [5, 5.41) is 0. The van der Waals surface area contributed by atoms with Gasteiger partial charge in [0, 0.05) is 29.9 Å². The third kappa shape index (κ3) is 2.79. The molecule has 136 valence electrons. The predicted octanol–water partition coefficient (Wildman–Crippen LogP) is 3.61. The van der Waals surface area contributed by atoms with Gasteiger partial charge in [-0.1, -0.05) is 24.3 Å². The monoisotopic (exact) mass is 370 g/mol. The number of benzene rings is 1. The minimum Gasteiger partial charge on any atom is -0.299 e. The lowest BCUT2D eigenvalue weighted by molar-refractivity contribution is 0.599. The zero-order valence-corrected chi connectivity index (χ0v) is 14.8. The number of hydrogen-bond acceptors (Lipinski definition) is 4. The highest BCUT2D eigenvalue weighted by Gasteiger charge is 2.12. The average molecular weight is 370 g/mol. The highest BCUT2D eigenvalue weighted by molar-refractivity contribution is 5.70. The molecule has 0 N–H and O–H groups in total. The number of rotatable bonds is 3. The van der Waals surface area contributed by atoms with Gasteiger partial charge in [-0.3, -0.25) is 14.3 Å². The van der Waals surface area contributed by atoms with Gasteiger partial charge in [-0.05, 0) is 35.4 Å². The maximum Gasteiger partial charge on any atom is 0.269 e. The minimum atomic E-state index is -0.366. The smallest absolute Gasteiger partial charge is 0.269 e. The third-order valence-electron chi connectivity index (χ3n) is 4.95. The number of halogens is 1. The van der Waals surface area contributed by atoms with Crippen molar-refractivity contribution in [2.75, 3.05) is 0 Å². The number of allylic oxidation sites excluding steroid dienone is 1. The van der Waals surface area contributed by atoms with E-state index in [0.29, 0.717) is 16.7 Å². The van der Waals surface area contributed by atoms with Gasteiger partial charge in [0.1, 0.15) is 5.82 Å². The van der Waals surface area contributed by atoms with E-state index in [9.17, 15) is 9.18 Å². The second kappa shape index (κ2) is 6.49. The molecule has 1 aliphatic rings. The Labute approximate surface area is 159 Å². The van der Waals surface area contributed by atoms with Gasteiger partial charge in [0.25, 0.3) is 5.56 Å². The zero-order valence-electron chi connectivity index (χ0n) is 14.8. The molecule has 0 bridgehead atoms. The van der Waals surface area contributed by atoms with Crippen LogP contribution in [0.1, 0.15) is 16.8 Å². The predicted molar refractivity (Wildman–Crippen MR) is 105 cm³/mol. The van der Waals surface area contributed by atoms with Crippen LogP contribution in [-0.4, -0.2) is 19.5 Å². The Bertz CT molecular complexity index is 1310. The van der Waals surface area contributed by atoms with Gasteiger partial charge in [0.2, 0.25) is 0 Å². The van der Waals surface area contributed by atoms with Crippen molar-refractivity contribution in [3.63, 3.8) is 0 Å². The largest absolute Gasteiger partial charge is 0.299 e. The zero-order chi connectivity index (χ0) is 19.1. The Morgan fingerprint density at radius 2 is 1.96 bits per heavy atom. The van der Waals surface area contributed by atoms with E-state index in [1.54, 1.807) is 30.6 Å². The van der Waals surface area contributed by atoms with Gasteiger partial charge in [0.15, 0.2) is 5.65 Å². The molecule has 0 fully saturated rings. The molecule has 3 heterocycles. The molecule has 5 rings (SSSR count). The molecule has 4 aromatic rings. The lowest BCUT2D eigenvalue weighted by Gasteiger charge is -2.11. The molecular weight excluding hydrogens is 355 g/mol. The Kier molecular flexibility index (Phi) is 3.83. The molecule has 0 atom stereocenters. The van der Waals surface area contributed by atoms with Crippen molar-refractivity contribution in [3.05, 3.63) is 94.1 Å². The van der Waals surface area contributed by atoms with Crippen molar-refractivity contribution in [3.8, 4) is 11.1 Å². The molecule has 0 amide bonds. The van der Waals surface area contributed by atoms with Crippen LogP contribution in [0.3, 0.4) is 0 Å². The molecule has 0 aliphatic heterocycles. The Balaban J connectivity index is 1.52. The minimum absolute atomic E-state index is 0.112. The van der Waals surface area contributed by atoms with E-state index in [4.69, 9.17) is 0 Å². The van der Waals surface area contributed by atoms with Crippen molar-refractivity contribution in [2.45, 2.75) is 13.0 Å². The summed E-state index contributed by atoms with van der Waals surface area (Å²) in [4.78, 5) is 24.9. The first-order chi connectivity index (χ1) is 13.7. The number of nitrogens with zero attached hydrogens (tertiary/aromatic N) is 4. The molecule has 1 aromatic carbocycles. The highest BCUT2D eigenvalue weighted by Crippen LogP contribution is 2.26. The van der Waals surface area contributed by atoms with Crippen LogP contribution < -0.4 is 5.56 Å². The molecule has 28 heavy (non-hydrogen) atoms. The van der Waals surface area contributed by atoms with Gasteiger partial charge in [-0.25, -0.2) is 14.4 Å². The quantitative estimate of drug-likeness (QED) is 0.553. The Morgan fingerprint density at radius 3 is 2.86 bits per heavy atom. The Hall–Kier alpha value is -3.67. The average Bonchev–Trinajstić information content (AvgIpc) is 3.19. The molecule has 0 saturated heterocycles. The van der Waals surface area contributed by atoms with E-state index in [0.717, 1.165) is 28.8 Å². The fourth-order valence-electron chi connectivity index (χ4n) is 3.47. The summed E-state index contributed by atoms with van der Waals surface area (Å²) in [7, 11) is 0. The molecule has 0 unspecified atom stereocenters. The summed E-state index contributed by atoms with van der Waals surface area (Å²) in [5.74, 6) is -0.366. The van der Waals surface area contributed by atoms with Crippen molar-refractivity contribution in [2.24, 2.45) is 0 Å². The van der Waals surface area contributed by atoms with Gasteiger partial charge < -0.3 is 0 Å². The molecule has 0 saturated carbocycles. The van der Waals surface area contributed by atoms with Crippen LogP contribution in [-0.2, 0) is 13.0 Å². The van der Waals surface area contributed by atoms with Crippen molar-refractivity contribution >= 4 is 17.2 Å². The molecular formula is C22H15FN4O. The summed E-state index contributed by atoms with van der Waals surface area (Å²) in [6.07, 6.45) is 9.53. The topological polar surface area (TPSA) is 60.7 Å². The molecule has 1 aliphatic carbocycles. The SMILES string of the molecule is O=c1cnc2ncccc2n1Cc1ccc(-c2cnc3c(c2)C=CC3)cc1F. The van der Waals surface area contributed by atoms with Crippen LogP contribution in [0.15, 0.2) is 65.9 Å². The van der Waals surface area contributed by atoms with Crippen LogP contribution in [0, 0.1) is 5.82 Å². The fourth-order valence-corrected chi connectivity index (χ4v) is 3.47. The van der Waals surface area contributed by atoms with E-state index < -0.39 is 0 Å². The summed E-state index contributed by atoms with van der Waals surface area (Å²) >= 11 is 0. The summed E-state index contributed by atoms with van der Waals surface area (Å²) in [6, 6.07) is 10.6. The number of aromatic nitrogens is 4. The van der Waals surface area contributed by atoms with Crippen molar-refractivity contribution < 1.29 is 4.39 Å². The maximum absolute atomic E-state index is 14.8. The first-order valence-electron chi connectivity index (χ1n) is 8.94. The van der Waals surface area contributed by atoms with Crippen LogP contribution in [0.25, 0.3) is 28.4 Å². The van der Waals surface area contributed by atoms with E-state index in [2.05, 4.69) is 21.0 Å². The second-order valence-corrected chi connectivity index (χ2v) is 6.70. The lowest BCUT2D eigenvalue weighted by Crippen LogP contribution is -2.21. The van der Waals surface area contributed by atoms with Crippen LogP contribution in [0.5, 0.6) is 0 Å². The maximum atomic E-state index is 14.8. The van der Waals surface area contributed by atoms with Gasteiger partial charge in [-0.2, -0.15) is 0 Å². The first kappa shape index (κ1) is 16.5. The molecule has 0 radical (unpaired) electrons. The number of pyridine rings is 2. The molecule has 5 nitrogen and oxygen atoms in total. The fraction of sp³-hybridized carbons (Fsp3) is 0.0909. The number of fused-ring (bicyclic) bond motifs is 2. The third-order valence-corrected chi connectivity index (χ3v) is 4.95. The standard InChI is InChI=1S/C22H15FN4O/c23-18-10-14(17-9-15-3-1-4-19(15)25-11-17)6-7-16(18)13-27-20-5-2-8-24-22(20)26-12-21(27)28/h1-3,5-12H,4,13H2. The van der Waals surface area contributed by atoms with Gasteiger partial charge in [-0.15, -0.1) is 0 Å².